The Labute approximate surface area is 314 Å². The van der Waals surface area contributed by atoms with Gasteiger partial charge >= 0.3 is 0 Å². The molecule has 1 atom stereocenters. The Morgan fingerprint density at radius 3 is 2.44 bits per heavy atom. The minimum Gasteiger partial charge on any atom is -0.490 e. The van der Waals surface area contributed by atoms with Crippen molar-refractivity contribution in [1.29, 1.82) is 0 Å². The number of ether oxygens (including phenoxy) is 4. The van der Waals surface area contributed by atoms with Crippen LogP contribution in [0.15, 0.2) is 76.1 Å². The molecule has 2 aliphatic heterocycles. The highest BCUT2D eigenvalue weighted by molar-refractivity contribution is 6.24. The van der Waals surface area contributed by atoms with E-state index < -0.39 is 23.8 Å². The fourth-order valence-electron chi connectivity index (χ4n) is 6.37. The molecule has 5 heterocycles. The molecular formula is C39H38N6O10. The van der Waals surface area contributed by atoms with Crippen molar-refractivity contribution in [2.24, 2.45) is 7.05 Å². The number of nitrogens with zero attached hydrogens (tertiary/aromatic N) is 6. The lowest BCUT2D eigenvalue weighted by Gasteiger charge is -2.32. The molecule has 55 heavy (non-hydrogen) atoms. The molecule has 284 valence electrons. The molecule has 0 N–H and O–H groups in total. The number of likely N-dealkylation sites (tertiary alicyclic amines) is 1. The number of likely N-dealkylation sites (N-methyl/N-ethyl adjacent to an activating group) is 1. The Kier molecular flexibility index (Phi) is 11.1. The van der Waals surface area contributed by atoms with Gasteiger partial charge in [-0.05, 0) is 61.2 Å². The molecule has 0 spiro atoms. The summed E-state index contributed by atoms with van der Waals surface area (Å²) in [5.41, 5.74) is 3.40. The van der Waals surface area contributed by atoms with Crippen molar-refractivity contribution >= 4 is 34.7 Å². The number of carbonyl (C=O) groups excluding carboxylic acids is 4. The number of imide groups is 2. The molecule has 1 saturated heterocycles. The normalized spacial score (nSPS) is 15.6. The maximum Gasteiger partial charge on any atom is 0.266 e. The van der Waals surface area contributed by atoms with Gasteiger partial charge in [-0.3, -0.25) is 38.8 Å². The summed E-state index contributed by atoms with van der Waals surface area (Å²) in [4.78, 5) is 73.6. The Balaban J connectivity index is 0.775. The van der Waals surface area contributed by atoms with Gasteiger partial charge in [0.2, 0.25) is 11.8 Å². The van der Waals surface area contributed by atoms with E-state index in [1.54, 1.807) is 55.7 Å². The Morgan fingerprint density at radius 1 is 0.836 bits per heavy atom. The predicted molar refractivity (Wildman–Crippen MR) is 194 cm³/mol. The summed E-state index contributed by atoms with van der Waals surface area (Å²) in [5, 5.41) is 4.18. The van der Waals surface area contributed by atoms with Crippen LogP contribution in [0.1, 0.15) is 51.2 Å². The zero-order valence-corrected chi connectivity index (χ0v) is 30.3. The molecule has 1 fully saturated rings. The zero-order chi connectivity index (χ0) is 38.5. The number of benzene rings is 2. The van der Waals surface area contributed by atoms with Crippen LogP contribution >= 0.6 is 0 Å². The van der Waals surface area contributed by atoms with E-state index in [1.165, 1.54) is 17.8 Å². The molecule has 0 radical (unpaired) electrons. The molecule has 0 bridgehead atoms. The highest BCUT2D eigenvalue weighted by Crippen LogP contribution is 2.32. The molecule has 3 aromatic heterocycles. The van der Waals surface area contributed by atoms with E-state index in [4.69, 9.17) is 23.4 Å². The van der Waals surface area contributed by atoms with Crippen LogP contribution < -0.4 is 15.0 Å². The summed E-state index contributed by atoms with van der Waals surface area (Å²) >= 11 is 0. The number of hydrogen-bond donors (Lipinski definition) is 0. The number of amides is 4. The average Bonchev–Trinajstić information content (AvgIpc) is 3.73. The zero-order valence-electron chi connectivity index (χ0n) is 30.3. The number of hydrogen-bond acceptors (Lipinski definition) is 13. The topological polar surface area (TPSA) is 185 Å². The predicted octanol–water partition coefficient (Wildman–Crippen LogP) is 3.35. The van der Waals surface area contributed by atoms with Crippen LogP contribution in [-0.2, 0) is 39.1 Å². The molecule has 5 aromatic rings. The lowest BCUT2D eigenvalue weighted by molar-refractivity contribution is -0.149. The van der Waals surface area contributed by atoms with Gasteiger partial charge in [-0.25, -0.2) is 9.67 Å². The van der Waals surface area contributed by atoms with Gasteiger partial charge in [0, 0.05) is 39.3 Å². The summed E-state index contributed by atoms with van der Waals surface area (Å²) in [6.45, 7) is 2.09. The van der Waals surface area contributed by atoms with E-state index in [9.17, 15) is 24.0 Å². The summed E-state index contributed by atoms with van der Waals surface area (Å²) in [5.74, 6) is -0.385. The van der Waals surface area contributed by atoms with Crippen molar-refractivity contribution < 1.29 is 42.5 Å². The van der Waals surface area contributed by atoms with Crippen molar-refractivity contribution in [3.63, 3.8) is 0 Å². The molecular weight excluding hydrogens is 712 g/mol. The van der Waals surface area contributed by atoms with E-state index in [0.29, 0.717) is 91.3 Å². The second kappa shape index (κ2) is 16.4. The number of piperidine rings is 1. The number of oxazole rings is 1. The van der Waals surface area contributed by atoms with Gasteiger partial charge in [0.05, 0.1) is 42.8 Å². The van der Waals surface area contributed by atoms with Crippen molar-refractivity contribution in [3.8, 4) is 23.1 Å². The van der Waals surface area contributed by atoms with Crippen LogP contribution in [0.25, 0.3) is 22.7 Å². The summed E-state index contributed by atoms with van der Waals surface area (Å²) in [6, 6.07) is 16.0. The third-order valence-corrected chi connectivity index (χ3v) is 9.29. The van der Waals surface area contributed by atoms with Crippen LogP contribution in [0.4, 0.5) is 0 Å². The van der Waals surface area contributed by atoms with E-state index >= 15 is 0 Å². The van der Waals surface area contributed by atoms with Gasteiger partial charge in [0.15, 0.2) is 5.58 Å². The Hall–Kier alpha value is -6.26. The first-order valence-electron chi connectivity index (χ1n) is 17.8. The molecule has 16 nitrogen and oxygen atoms in total. The van der Waals surface area contributed by atoms with E-state index in [-0.39, 0.29) is 36.5 Å². The molecule has 0 aliphatic carbocycles. The lowest BCUT2D eigenvalue weighted by Crippen LogP contribution is -2.54. The van der Waals surface area contributed by atoms with Crippen molar-refractivity contribution in [3.05, 3.63) is 99.6 Å². The number of fused-ring (bicyclic) bond motifs is 2. The number of aromatic nitrogens is 4. The summed E-state index contributed by atoms with van der Waals surface area (Å²) < 4.78 is 30.0. The van der Waals surface area contributed by atoms with Gasteiger partial charge in [0.25, 0.3) is 23.3 Å². The second-order valence-corrected chi connectivity index (χ2v) is 12.9. The van der Waals surface area contributed by atoms with Crippen molar-refractivity contribution in [2.45, 2.75) is 38.3 Å². The molecule has 2 aromatic carbocycles. The van der Waals surface area contributed by atoms with Gasteiger partial charge in [0.1, 0.15) is 42.0 Å². The first-order chi connectivity index (χ1) is 26.7. The monoisotopic (exact) mass is 750 g/mol. The molecule has 1 unspecified atom stereocenters. The van der Waals surface area contributed by atoms with Crippen molar-refractivity contribution in [2.75, 3.05) is 40.1 Å². The highest BCUT2D eigenvalue weighted by atomic mass is 16.5. The first-order valence-corrected chi connectivity index (χ1v) is 17.8. The molecule has 4 amide bonds. The van der Waals surface area contributed by atoms with Crippen LogP contribution in [0, 0.1) is 0 Å². The maximum absolute atomic E-state index is 13.4. The van der Waals surface area contributed by atoms with E-state index in [2.05, 4.69) is 15.1 Å². The fourth-order valence-corrected chi connectivity index (χ4v) is 6.37. The first kappa shape index (κ1) is 37.1. The Bertz CT molecular complexity index is 2300. The molecule has 16 heteroatoms. The Morgan fingerprint density at radius 2 is 1.64 bits per heavy atom. The number of rotatable bonds is 16. The van der Waals surface area contributed by atoms with Gasteiger partial charge in [-0.15, -0.1) is 0 Å². The van der Waals surface area contributed by atoms with E-state index in [0.717, 1.165) is 15.4 Å². The summed E-state index contributed by atoms with van der Waals surface area (Å²) in [6.07, 6.45) is 2.97. The molecule has 2 aliphatic rings. The largest absolute Gasteiger partial charge is 0.490 e. The number of aryl methyl sites for hydroxylation is 2. The van der Waals surface area contributed by atoms with Crippen LogP contribution in [-0.4, -0.2) is 99.3 Å². The average molecular weight is 751 g/mol. The van der Waals surface area contributed by atoms with E-state index in [1.807, 2.05) is 12.1 Å². The minimum atomic E-state index is -0.981. The highest BCUT2D eigenvalue weighted by Gasteiger charge is 2.46. The lowest BCUT2D eigenvalue weighted by atomic mass is 9.99. The summed E-state index contributed by atoms with van der Waals surface area (Å²) in [7, 11) is 2.93. The van der Waals surface area contributed by atoms with Crippen LogP contribution in [0.5, 0.6) is 11.5 Å². The van der Waals surface area contributed by atoms with Gasteiger partial charge in [-0.2, -0.15) is 5.10 Å². The maximum atomic E-state index is 13.4. The smallest absolute Gasteiger partial charge is 0.266 e. The quantitative estimate of drug-likeness (QED) is 0.106. The van der Waals surface area contributed by atoms with Gasteiger partial charge < -0.3 is 23.4 Å². The van der Waals surface area contributed by atoms with Crippen LogP contribution in [0.2, 0.25) is 0 Å². The molecule has 7 rings (SSSR count). The third kappa shape index (κ3) is 8.14. The van der Waals surface area contributed by atoms with Gasteiger partial charge in [-0.1, -0.05) is 12.1 Å². The standard InChI is InChI=1S/C39H38N6O10/c1-43-33(46)15-12-31(38(43)49)45-37(48)28-7-3-5-24(35(28)39(45)50)6-4-16-51-17-18-52-19-20-53-27-9-8-25(40-22-27)23-54-26-10-13-32-30(21-26)41-36(55-32)29-11-14-34(47)44(2)42-29/h3,5,7-11,13-14,21-22,31H,4,6,12,15-20,23H2,1-2H3. The fraction of sp³-hybridized carbons (Fsp3) is 0.333. The second-order valence-electron chi connectivity index (χ2n) is 12.9. The molecule has 0 saturated carbocycles. The minimum absolute atomic E-state index is 0.0967. The van der Waals surface area contributed by atoms with Crippen LogP contribution in [0.3, 0.4) is 0 Å². The number of pyridine rings is 1. The number of carbonyl (C=O) groups is 4. The van der Waals surface area contributed by atoms with Crippen molar-refractivity contribution in [1.82, 2.24) is 29.5 Å². The SMILES string of the molecule is CN1C(=O)CCC(N2C(=O)c3cccc(CCCOCCOCCOc4ccc(COc5ccc6oc(-c7ccc(=O)n(C)n7)nc6c5)nc4)c3C2=O)C1=O. The third-order valence-electron chi connectivity index (χ3n) is 9.29.